The van der Waals surface area contributed by atoms with Crippen LogP contribution in [0.1, 0.15) is 12.8 Å². The summed E-state index contributed by atoms with van der Waals surface area (Å²) in [6, 6.07) is 0. The summed E-state index contributed by atoms with van der Waals surface area (Å²) in [4.78, 5) is 1.15. The van der Waals surface area contributed by atoms with E-state index < -0.39 is 0 Å². The highest BCUT2D eigenvalue weighted by Gasteiger charge is 1.97. The Hall–Kier alpha value is -0.450. The minimum Gasteiger partial charge on any atom is -0.388 e. The molecule has 0 fully saturated rings. The molecule has 0 aliphatic carbocycles. The van der Waals surface area contributed by atoms with Crippen molar-refractivity contribution in [2.24, 2.45) is 0 Å². The molecule has 0 amide bonds. The van der Waals surface area contributed by atoms with E-state index in [0.29, 0.717) is 0 Å². The van der Waals surface area contributed by atoms with Crippen LogP contribution in [0.5, 0.6) is 0 Å². The van der Waals surface area contributed by atoms with E-state index in [2.05, 4.69) is 29.1 Å². The molecule has 0 aliphatic rings. The Labute approximate surface area is 104 Å². The molecule has 0 atom stereocenters. The average molecular weight is 243 g/mol. The SMILES string of the molecule is C=C(CSC(=C)CNC)NCCCCNC. The number of thioether (sulfide) groups is 1. The lowest BCUT2D eigenvalue weighted by molar-refractivity contribution is 0.646. The van der Waals surface area contributed by atoms with E-state index in [9.17, 15) is 0 Å². The van der Waals surface area contributed by atoms with Gasteiger partial charge < -0.3 is 16.0 Å². The summed E-state index contributed by atoms with van der Waals surface area (Å²) in [7, 11) is 3.91. The Morgan fingerprint density at radius 3 is 2.38 bits per heavy atom. The maximum Gasteiger partial charge on any atom is 0.0371 e. The van der Waals surface area contributed by atoms with Gasteiger partial charge in [0, 0.05) is 24.5 Å². The molecule has 0 aliphatic heterocycles. The molecule has 3 N–H and O–H groups in total. The Bertz CT molecular complexity index is 204. The van der Waals surface area contributed by atoms with Crippen molar-refractivity contribution >= 4 is 11.8 Å². The maximum atomic E-state index is 4.00. The van der Waals surface area contributed by atoms with Gasteiger partial charge in [0.05, 0.1) is 0 Å². The van der Waals surface area contributed by atoms with Gasteiger partial charge >= 0.3 is 0 Å². The van der Waals surface area contributed by atoms with Gasteiger partial charge in [-0.2, -0.15) is 0 Å². The first kappa shape index (κ1) is 15.6. The van der Waals surface area contributed by atoms with Crippen molar-refractivity contribution in [3.05, 3.63) is 23.8 Å². The molecule has 0 unspecified atom stereocenters. The molecule has 0 aromatic rings. The molecule has 3 nitrogen and oxygen atoms in total. The molecule has 4 heteroatoms. The summed E-state index contributed by atoms with van der Waals surface area (Å²) in [5.74, 6) is 0.909. The van der Waals surface area contributed by atoms with Crippen LogP contribution in [0.4, 0.5) is 0 Å². The van der Waals surface area contributed by atoms with Crippen LogP contribution in [-0.4, -0.2) is 39.5 Å². The summed E-state index contributed by atoms with van der Waals surface area (Å²) in [5, 5.41) is 9.55. The van der Waals surface area contributed by atoms with E-state index >= 15 is 0 Å². The van der Waals surface area contributed by atoms with E-state index in [1.54, 1.807) is 11.8 Å². The van der Waals surface area contributed by atoms with Crippen molar-refractivity contribution in [2.45, 2.75) is 12.8 Å². The lowest BCUT2D eigenvalue weighted by Crippen LogP contribution is -2.17. The second-order valence-electron chi connectivity index (χ2n) is 3.70. The predicted octanol–water partition coefficient (Wildman–Crippen LogP) is 1.56. The van der Waals surface area contributed by atoms with E-state index in [4.69, 9.17) is 0 Å². The molecular weight excluding hydrogens is 218 g/mol. The fraction of sp³-hybridized carbons (Fsp3) is 0.667. The number of unbranched alkanes of at least 4 members (excludes halogenated alkanes) is 1. The molecule has 16 heavy (non-hydrogen) atoms. The standard InChI is InChI=1S/C12H25N3S/c1-11(10-16-12(2)9-14-4)15-8-6-5-7-13-3/h13-15H,1-2,5-10H2,3-4H3. The number of rotatable bonds is 11. The van der Waals surface area contributed by atoms with Crippen LogP contribution in [0, 0.1) is 0 Å². The minimum atomic E-state index is 0.861. The molecule has 0 heterocycles. The molecule has 0 radical (unpaired) electrons. The van der Waals surface area contributed by atoms with E-state index in [-0.39, 0.29) is 0 Å². The molecule has 0 aromatic carbocycles. The van der Waals surface area contributed by atoms with Crippen LogP contribution < -0.4 is 16.0 Å². The van der Waals surface area contributed by atoms with E-state index in [0.717, 1.165) is 36.0 Å². The quantitative estimate of drug-likeness (QED) is 0.481. The highest BCUT2D eigenvalue weighted by atomic mass is 32.2. The lowest BCUT2D eigenvalue weighted by atomic mass is 10.3. The summed E-state index contributed by atoms with van der Waals surface area (Å²) in [5.41, 5.74) is 1.09. The van der Waals surface area contributed by atoms with Crippen molar-refractivity contribution in [1.82, 2.24) is 16.0 Å². The minimum absolute atomic E-state index is 0.861. The first-order valence-corrected chi connectivity index (χ1v) is 6.70. The number of nitrogens with one attached hydrogen (secondary N) is 3. The van der Waals surface area contributed by atoms with Gasteiger partial charge in [-0.05, 0) is 38.4 Å². The third-order valence-electron chi connectivity index (χ3n) is 2.05. The summed E-state index contributed by atoms with van der Waals surface area (Å²) < 4.78 is 0. The van der Waals surface area contributed by atoms with E-state index in [1.807, 2.05) is 14.1 Å². The van der Waals surface area contributed by atoms with Gasteiger partial charge in [0.2, 0.25) is 0 Å². The third-order valence-corrected chi connectivity index (χ3v) is 3.10. The zero-order chi connectivity index (χ0) is 12.2. The smallest absolute Gasteiger partial charge is 0.0371 e. The Balaban J connectivity index is 3.34. The van der Waals surface area contributed by atoms with Crippen LogP contribution in [0.15, 0.2) is 23.8 Å². The van der Waals surface area contributed by atoms with Crippen LogP contribution in [0.3, 0.4) is 0 Å². The monoisotopic (exact) mass is 243 g/mol. The molecule has 0 spiro atoms. The average Bonchev–Trinajstić information content (AvgIpc) is 2.26. The van der Waals surface area contributed by atoms with Crippen molar-refractivity contribution in [1.29, 1.82) is 0 Å². The second-order valence-corrected chi connectivity index (χ2v) is 4.85. The molecular formula is C12H25N3S. The van der Waals surface area contributed by atoms with Gasteiger partial charge in [-0.3, -0.25) is 0 Å². The van der Waals surface area contributed by atoms with Crippen molar-refractivity contribution in [3.63, 3.8) is 0 Å². The molecule has 0 saturated heterocycles. The molecule has 0 saturated carbocycles. The fourth-order valence-corrected chi connectivity index (χ4v) is 1.91. The van der Waals surface area contributed by atoms with Gasteiger partial charge in [-0.15, -0.1) is 11.8 Å². The zero-order valence-electron chi connectivity index (χ0n) is 10.6. The Kier molecular flexibility index (Phi) is 10.7. The first-order valence-electron chi connectivity index (χ1n) is 5.72. The molecule has 0 bridgehead atoms. The largest absolute Gasteiger partial charge is 0.388 e. The number of likely N-dealkylation sites (N-methyl/N-ethyl adjacent to an activating group) is 1. The predicted molar refractivity (Wildman–Crippen MR) is 75.8 cm³/mol. The van der Waals surface area contributed by atoms with Crippen LogP contribution in [-0.2, 0) is 0 Å². The van der Waals surface area contributed by atoms with Gasteiger partial charge in [-0.25, -0.2) is 0 Å². The van der Waals surface area contributed by atoms with Crippen LogP contribution in [0.2, 0.25) is 0 Å². The molecule has 94 valence electrons. The van der Waals surface area contributed by atoms with Crippen molar-refractivity contribution in [2.75, 3.05) is 39.5 Å². The van der Waals surface area contributed by atoms with Gasteiger partial charge in [0.15, 0.2) is 0 Å². The summed E-state index contributed by atoms with van der Waals surface area (Å²) in [6.07, 6.45) is 2.39. The topological polar surface area (TPSA) is 36.1 Å². The van der Waals surface area contributed by atoms with Gasteiger partial charge in [0.1, 0.15) is 0 Å². The second kappa shape index (κ2) is 11.0. The molecule has 0 aromatic heterocycles. The highest BCUT2D eigenvalue weighted by Crippen LogP contribution is 2.13. The Morgan fingerprint density at radius 2 is 1.75 bits per heavy atom. The van der Waals surface area contributed by atoms with Crippen molar-refractivity contribution in [3.8, 4) is 0 Å². The van der Waals surface area contributed by atoms with Crippen LogP contribution in [0.25, 0.3) is 0 Å². The fourth-order valence-electron chi connectivity index (χ4n) is 1.18. The first-order chi connectivity index (χ1) is 7.70. The Morgan fingerprint density at radius 1 is 1.06 bits per heavy atom. The third kappa shape index (κ3) is 10.1. The van der Waals surface area contributed by atoms with E-state index in [1.165, 1.54) is 12.8 Å². The molecule has 0 rings (SSSR count). The van der Waals surface area contributed by atoms with Gasteiger partial charge in [0.25, 0.3) is 0 Å². The van der Waals surface area contributed by atoms with Crippen molar-refractivity contribution < 1.29 is 0 Å². The maximum absolute atomic E-state index is 4.00. The number of hydrogen-bond acceptors (Lipinski definition) is 4. The number of hydrogen-bond donors (Lipinski definition) is 3. The normalized spacial score (nSPS) is 10.1. The highest BCUT2D eigenvalue weighted by molar-refractivity contribution is 8.03. The van der Waals surface area contributed by atoms with Gasteiger partial charge in [-0.1, -0.05) is 13.2 Å². The summed E-state index contributed by atoms with van der Waals surface area (Å²) >= 11 is 1.75. The lowest BCUT2D eigenvalue weighted by Gasteiger charge is -2.10. The zero-order valence-corrected chi connectivity index (χ0v) is 11.4. The van der Waals surface area contributed by atoms with Crippen LogP contribution >= 0.6 is 11.8 Å². The summed E-state index contributed by atoms with van der Waals surface area (Å²) in [6.45, 7) is 10.9.